The number of hydrogen-bond donors (Lipinski definition) is 2. The average molecular weight is 268 g/mol. The Balaban J connectivity index is 2.12. The number of hydrogen-bond acceptors (Lipinski definition) is 2. The van der Waals surface area contributed by atoms with Crippen molar-refractivity contribution in [3.8, 4) is 0 Å². The minimum absolute atomic E-state index is 0.0274. The molecule has 0 saturated carbocycles. The molecule has 88 valence electrons. The molecule has 1 aromatic heterocycles. The lowest BCUT2D eigenvalue weighted by atomic mass is 10.2. The summed E-state index contributed by atoms with van der Waals surface area (Å²) in [6.45, 7) is 0. The lowest BCUT2D eigenvalue weighted by Gasteiger charge is -2.00. The number of carbonyl (C=O) groups is 1. The molecule has 0 amide bonds. The van der Waals surface area contributed by atoms with Gasteiger partial charge in [0, 0.05) is 11.1 Å². The van der Waals surface area contributed by atoms with Crippen LogP contribution in [-0.2, 0) is 11.2 Å². The molecule has 0 fully saturated rings. The highest BCUT2D eigenvalue weighted by Crippen LogP contribution is 2.32. The average Bonchev–Trinajstić information content (AvgIpc) is 2.68. The van der Waals surface area contributed by atoms with Gasteiger partial charge in [-0.05, 0) is 23.8 Å². The van der Waals surface area contributed by atoms with Crippen LogP contribution in [-0.4, -0.2) is 16.1 Å². The van der Waals surface area contributed by atoms with E-state index in [2.05, 4.69) is 4.98 Å². The molecule has 5 heteroatoms. The molecule has 0 bridgehead atoms. The number of carboxylic acid groups (broad SMARTS) is 1. The summed E-state index contributed by atoms with van der Waals surface area (Å²) in [7, 11) is 0. The van der Waals surface area contributed by atoms with Crippen LogP contribution in [0.4, 0.5) is 0 Å². The first kappa shape index (κ1) is 12.1. The van der Waals surface area contributed by atoms with Crippen LogP contribution in [0.3, 0.4) is 0 Å². The quantitative estimate of drug-likeness (QED) is 0.892. The smallest absolute Gasteiger partial charge is 0.307 e. The second-order valence-electron chi connectivity index (χ2n) is 3.48. The number of halogens is 1. The van der Waals surface area contributed by atoms with E-state index < -0.39 is 5.97 Å². The van der Waals surface area contributed by atoms with E-state index in [1.165, 1.54) is 11.8 Å². The molecule has 0 aliphatic carbocycles. The summed E-state index contributed by atoms with van der Waals surface area (Å²) in [6, 6.07) is 9.35. The molecule has 0 unspecified atom stereocenters. The molecule has 0 atom stereocenters. The normalized spacial score (nSPS) is 10.4. The Morgan fingerprint density at radius 2 is 2.18 bits per heavy atom. The van der Waals surface area contributed by atoms with Crippen molar-refractivity contribution in [3.63, 3.8) is 0 Å². The highest BCUT2D eigenvalue weighted by atomic mass is 35.5. The maximum absolute atomic E-state index is 10.5. The van der Waals surface area contributed by atoms with Crippen LogP contribution in [0.2, 0.25) is 5.02 Å². The standard InChI is InChI=1S/C12H10ClNO2S/c13-9-3-1-2-4-10(9)17-11-5-8(7-14-11)6-12(15)16/h1-5,7,14H,6H2,(H,15,16). The zero-order valence-electron chi connectivity index (χ0n) is 8.81. The highest BCUT2D eigenvalue weighted by molar-refractivity contribution is 7.99. The molecule has 0 radical (unpaired) electrons. The van der Waals surface area contributed by atoms with Gasteiger partial charge in [0.15, 0.2) is 0 Å². The Morgan fingerprint density at radius 3 is 2.88 bits per heavy atom. The number of rotatable bonds is 4. The van der Waals surface area contributed by atoms with E-state index in [9.17, 15) is 4.79 Å². The molecule has 0 saturated heterocycles. The molecule has 0 aliphatic rings. The fourth-order valence-corrected chi connectivity index (χ4v) is 2.53. The molecule has 1 heterocycles. The van der Waals surface area contributed by atoms with Crippen LogP contribution in [0.1, 0.15) is 5.56 Å². The van der Waals surface area contributed by atoms with Crippen LogP contribution in [0.15, 0.2) is 46.5 Å². The highest BCUT2D eigenvalue weighted by Gasteiger charge is 2.06. The summed E-state index contributed by atoms with van der Waals surface area (Å²) in [4.78, 5) is 14.5. The summed E-state index contributed by atoms with van der Waals surface area (Å²) in [5, 5.41) is 10.2. The van der Waals surface area contributed by atoms with Crippen molar-refractivity contribution < 1.29 is 9.90 Å². The Hall–Kier alpha value is -1.39. The number of aromatic amines is 1. The van der Waals surface area contributed by atoms with Gasteiger partial charge in [-0.25, -0.2) is 0 Å². The second-order valence-corrected chi connectivity index (χ2v) is 4.97. The van der Waals surface area contributed by atoms with Gasteiger partial charge in [-0.1, -0.05) is 35.5 Å². The van der Waals surface area contributed by atoms with E-state index in [-0.39, 0.29) is 6.42 Å². The molecule has 0 aliphatic heterocycles. The molecule has 2 N–H and O–H groups in total. The van der Waals surface area contributed by atoms with E-state index in [0.717, 1.165) is 15.5 Å². The minimum atomic E-state index is -0.835. The van der Waals surface area contributed by atoms with Crippen LogP contribution in [0.5, 0.6) is 0 Å². The van der Waals surface area contributed by atoms with E-state index >= 15 is 0 Å². The molecular formula is C12H10ClNO2S. The predicted molar refractivity (Wildman–Crippen MR) is 67.7 cm³/mol. The van der Waals surface area contributed by atoms with Crippen molar-refractivity contribution >= 4 is 29.3 Å². The first-order chi connectivity index (χ1) is 8.15. The van der Waals surface area contributed by atoms with Crippen LogP contribution in [0.25, 0.3) is 0 Å². The molecular weight excluding hydrogens is 258 g/mol. The van der Waals surface area contributed by atoms with Gasteiger partial charge in [-0.3, -0.25) is 4.79 Å². The summed E-state index contributed by atoms with van der Waals surface area (Å²) >= 11 is 7.52. The van der Waals surface area contributed by atoms with Crippen molar-refractivity contribution in [1.29, 1.82) is 0 Å². The van der Waals surface area contributed by atoms with Gasteiger partial charge in [-0.2, -0.15) is 0 Å². The van der Waals surface area contributed by atoms with Crippen molar-refractivity contribution in [2.45, 2.75) is 16.3 Å². The van der Waals surface area contributed by atoms with Crippen LogP contribution in [0, 0.1) is 0 Å². The van der Waals surface area contributed by atoms with Crippen molar-refractivity contribution in [2.75, 3.05) is 0 Å². The fourth-order valence-electron chi connectivity index (χ4n) is 1.40. The van der Waals surface area contributed by atoms with E-state index in [0.29, 0.717) is 5.02 Å². The summed E-state index contributed by atoms with van der Waals surface area (Å²) in [5.74, 6) is -0.835. The number of nitrogens with one attached hydrogen (secondary N) is 1. The zero-order chi connectivity index (χ0) is 12.3. The monoisotopic (exact) mass is 267 g/mol. The first-order valence-electron chi connectivity index (χ1n) is 4.96. The maximum atomic E-state index is 10.5. The fraction of sp³-hybridized carbons (Fsp3) is 0.0833. The molecule has 3 nitrogen and oxygen atoms in total. The lowest BCUT2D eigenvalue weighted by Crippen LogP contribution is -1.97. The van der Waals surface area contributed by atoms with Crippen molar-refractivity contribution in [3.05, 3.63) is 47.1 Å². The first-order valence-corrected chi connectivity index (χ1v) is 6.16. The maximum Gasteiger partial charge on any atom is 0.307 e. The summed E-state index contributed by atoms with van der Waals surface area (Å²) in [5.41, 5.74) is 0.757. The van der Waals surface area contributed by atoms with Gasteiger partial charge in [-0.15, -0.1) is 0 Å². The van der Waals surface area contributed by atoms with Crippen molar-refractivity contribution in [2.24, 2.45) is 0 Å². The molecule has 2 rings (SSSR count). The van der Waals surface area contributed by atoms with Gasteiger partial charge < -0.3 is 10.1 Å². The minimum Gasteiger partial charge on any atom is -0.481 e. The molecule has 0 spiro atoms. The third-order valence-electron chi connectivity index (χ3n) is 2.13. The van der Waals surface area contributed by atoms with E-state index in [1.807, 2.05) is 30.3 Å². The Kier molecular flexibility index (Phi) is 3.76. The van der Waals surface area contributed by atoms with Crippen molar-refractivity contribution in [1.82, 2.24) is 4.98 Å². The van der Waals surface area contributed by atoms with Crippen LogP contribution < -0.4 is 0 Å². The zero-order valence-corrected chi connectivity index (χ0v) is 10.4. The molecule has 2 aromatic rings. The van der Waals surface area contributed by atoms with E-state index in [4.69, 9.17) is 16.7 Å². The largest absolute Gasteiger partial charge is 0.481 e. The second kappa shape index (κ2) is 5.29. The third-order valence-corrected chi connectivity index (χ3v) is 3.60. The van der Waals surface area contributed by atoms with E-state index in [1.54, 1.807) is 6.20 Å². The predicted octanol–water partition coefficient (Wildman–Crippen LogP) is 3.45. The van der Waals surface area contributed by atoms with Gasteiger partial charge in [0.1, 0.15) is 0 Å². The number of aliphatic carboxylic acids is 1. The van der Waals surface area contributed by atoms with Gasteiger partial charge in [0.25, 0.3) is 0 Å². The van der Waals surface area contributed by atoms with Gasteiger partial charge in [0.2, 0.25) is 0 Å². The summed E-state index contributed by atoms with van der Waals surface area (Å²) in [6.07, 6.45) is 1.73. The number of H-pyrrole nitrogens is 1. The molecule has 17 heavy (non-hydrogen) atoms. The van der Waals surface area contributed by atoms with Gasteiger partial charge in [0.05, 0.1) is 16.5 Å². The Bertz CT molecular complexity index is 539. The number of aromatic nitrogens is 1. The van der Waals surface area contributed by atoms with Crippen LogP contribution >= 0.6 is 23.4 Å². The lowest BCUT2D eigenvalue weighted by molar-refractivity contribution is -0.136. The number of carboxylic acids is 1. The topological polar surface area (TPSA) is 53.1 Å². The Morgan fingerprint density at radius 1 is 1.41 bits per heavy atom. The molecule has 1 aromatic carbocycles. The SMILES string of the molecule is O=C(O)Cc1c[nH]c(Sc2ccccc2Cl)c1. The third kappa shape index (κ3) is 3.28. The van der Waals surface area contributed by atoms with Gasteiger partial charge >= 0.3 is 5.97 Å². The number of benzene rings is 1. The Labute approximate surface area is 108 Å². The summed E-state index contributed by atoms with van der Waals surface area (Å²) < 4.78 is 0.